The molecule has 0 amide bonds. The molecule has 1 aliphatic heterocycles. The lowest BCUT2D eigenvalue weighted by Gasteiger charge is -2.41. The van der Waals surface area contributed by atoms with Crippen LogP contribution in [0.2, 0.25) is 5.02 Å². The van der Waals surface area contributed by atoms with Gasteiger partial charge in [-0.25, -0.2) is 4.98 Å². The van der Waals surface area contributed by atoms with Crippen LogP contribution in [0.3, 0.4) is 0 Å². The number of anilines is 1. The molecule has 1 aromatic rings. The van der Waals surface area contributed by atoms with Crippen LogP contribution in [0.15, 0.2) is 12.3 Å². The predicted molar refractivity (Wildman–Crippen MR) is 92.4 cm³/mol. The molecule has 132 valence electrons. The van der Waals surface area contributed by atoms with Gasteiger partial charge in [-0.2, -0.15) is 0 Å². The summed E-state index contributed by atoms with van der Waals surface area (Å²) in [4.78, 5) is 16.7. The minimum absolute atomic E-state index is 0.105. The molecule has 2 N–H and O–H groups in total. The van der Waals surface area contributed by atoms with Gasteiger partial charge in [0.1, 0.15) is 12.0 Å². The van der Waals surface area contributed by atoms with Crippen LogP contribution in [0.5, 0.6) is 0 Å². The van der Waals surface area contributed by atoms with E-state index in [9.17, 15) is 15.2 Å². The molecule has 8 heteroatoms. The lowest BCUT2D eigenvalue weighted by atomic mass is 9.89. The van der Waals surface area contributed by atoms with E-state index in [-0.39, 0.29) is 22.9 Å². The van der Waals surface area contributed by atoms with Gasteiger partial charge < -0.3 is 10.4 Å². The summed E-state index contributed by atoms with van der Waals surface area (Å²) >= 11 is 6.09. The van der Waals surface area contributed by atoms with E-state index in [2.05, 4.69) is 15.2 Å². The molecule has 0 radical (unpaired) electrons. The summed E-state index contributed by atoms with van der Waals surface area (Å²) in [6.45, 7) is 1.87. The highest BCUT2D eigenvalue weighted by molar-refractivity contribution is 6.33. The van der Waals surface area contributed by atoms with Gasteiger partial charge in [-0.15, -0.1) is 0 Å². The van der Waals surface area contributed by atoms with Crippen LogP contribution in [0.1, 0.15) is 38.5 Å². The van der Waals surface area contributed by atoms with Crippen molar-refractivity contribution in [3.63, 3.8) is 0 Å². The third kappa shape index (κ3) is 3.96. The van der Waals surface area contributed by atoms with E-state index >= 15 is 0 Å². The number of nitro groups is 1. The SMILES string of the molecule is O=[N+]([O-])c1cnc(NC2CCN(C3CCCCC3O)CC2)c(Cl)c1. The van der Waals surface area contributed by atoms with E-state index in [0.717, 1.165) is 45.2 Å². The van der Waals surface area contributed by atoms with Crippen molar-refractivity contribution >= 4 is 23.1 Å². The second-order valence-corrected chi connectivity index (χ2v) is 7.06. The van der Waals surface area contributed by atoms with Crippen LogP contribution in [0.4, 0.5) is 11.5 Å². The number of nitrogens with one attached hydrogen (secondary N) is 1. The van der Waals surface area contributed by atoms with Gasteiger partial charge in [-0.3, -0.25) is 15.0 Å². The first-order valence-electron chi connectivity index (χ1n) is 8.53. The smallest absolute Gasteiger partial charge is 0.289 e. The standard InChI is InChI=1S/C16H23ClN4O3/c17-13-9-12(21(23)24)10-18-16(13)19-11-5-7-20(8-6-11)14-3-1-2-4-15(14)22/h9-11,14-15,22H,1-8H2,(H,18,19). The molecule has 2 fully saturated rings. The van der Waals surface area contributed by atoms with E-state index in [0.29, 0.717) is 11.9 Å². The number of aliphatic hydroxyl groups excluding tert-OH is 1. The van der Waals surface area contributed by atoms with E-state index in [1.54, 1.807) is 0 Å². The number of aromatic nitrogens is 1. The lowest BCUT2D eigenvalue weighted by molar-refractivity contribution is -0.385. The monoisotopic (exact) mass is 354 g/mol. The Morgan fingerprint density at radius 3 is 2.62 bits per heavy atom. The molecule has 1 aliphatic carbocycles. The minimum Gasteiger partial charge on any atom is -0.391 e. The number of rotatable bonds is 4. The number of piperidine rings is 1. The summed E-state index contributed by atoms with van der Waals surface area (Å²) < 4.78 is 0. The number of hydrogen-bond donors (Lipinski definition) is 2. The third-order valence-corrected chi connectivity index (χ3v) is 5.36. The van der Waals surface area contributed by atoms with Gasteiger partial charge in [-0.05, 0) is 25.7 Å². The molecule has 1 aromatic heterocycles. The van der Waals surface area contributed by atoms with Crippen LogP contribution in [-0.2, 0) is 0 Å². The Morgan fingerprint density at radius 2 is 2.00 bits per heavy atom. The zero-order chi connectivity index (χ0) is 17.1. The molecular formula is C16H23ClN4O3. The summed E-state index contributed by atoms with van der Waals surface area (Å²) in [5.41, 5.74) is -0.105. The van der Waals surface area contributed by atoms with Crippen molar-refractivity contribution in [2.75, 3.05) is 18.4 Å². The molecule has 1 saturated carbocycles. The van der Waals surface area contributed by atoms with E-state index in [4.69, 9.17) is 11.6 Å². The molecule has 24 heavy (non-hydrogen) atoms. The Balaban J connectivity index is 1.54. The van der Waals surface area contributed by atoms with E-state index in [1.165, 1.54) is 18.7 Å². The maximum Gasteiger partial charge on any atom is 0.289 e. The highest BCUT2D eigenvalue weighted by atomic mass is 35.5. The van der Waals surface area contributed by atoms with Gasteiger partial charge in [0.05, 0.1) is 16.0 Å². The highest BCUT2D eigenvalue weighted by Crippen LogP contribution is 2.28. The molecule has 0 bridgehead atoms. The number of pyridine rings is 1. The molecule has 7 nitrogen and oxygen atoms in total. The molecule has 2 aliphatic rings. The normalized spacial score (nSPS) is 26.2. The van der Waals surface area contributed by atoms with E-state index in [1.807, 2.05) is 0 Å². The number of likely N-dealkylation sites (tertiary alicyclic amines) is 1. The second-order valence-electron chi connectivity index (χ2n) is 6.65. The van der Waals surface area contributed by atoms with Crippen molar-refractivity contribution < 1.29 is 10.0 Å². The molecule has 3 rings (SSSR count). The summed E-state index contributed by atoms with van der Waals surface area (Å²) in [5, 5.41) is 24.5. The van der Waals surface area contributed by atoms with Gasteiger partial charge in [0.25, 0.3) is 5.69 Å². The number of nitrogens with zero attached hydrogens (tertiary/aromatic N) is 3. The van der Waals surface area contributed by atoms with Crippen molar-refractivity contribution in [1.29, 1.82) is 0 Å². The van der Waals surface area contributed by atoms with E-state index < -0.39 is 4.92 Å². The summed E-state index contributed by atoms with van der Waals surface area (Å²) in [6, 6.07) is 1.86. The maximum atomic E-state index is 10.7. The summed E-state index contributed by atoms with van der Waals surface area (Å²) in [6.07, 6.45) is 7.22. The molecule has 0 spiro atoms. The summed E-state index contributed by atoms with van der Waals surface area (Å²) in [5.74, 6) is 0.499. The van der Waals surface area contributed by atoms with Crippen LogP contribution < -0.4 is 5.32 Å². The fraction of sp³-hybridized carbons (Fsp3) is 0.688. The van der Waals surface area contributed by atoms with Gasteiger partial charge in [0, 0.05) is 31.2 Å². The van der Waals surface area contributed by atoms with Gasteiger partial charge in [0.15, 0.2) is 0 Å². The van der Waals surface area contributed by atoms with Crippen LogP contribution in [0.25, 0.3) is 0 Å². The fourth-order valence-electron chi connectivity index (χ4n) is 3.72. The second kappa shape index (κ2) is 7.63. The zero-order valence-corrected chi connectivity index (χ0v) is 14.3. The Kier molecular flexibility index (Phi) is 5.53. The third-order valence-electron chi connectivity index (χ3n) is 5.07. The van der Waals surface area contributed by atoms with Crippen molar-refractivity contribution in [1.82, 2.24) is 9.88 Å². The fourth-order valence-corrected chi connectivity index (χ4v) is 3.94. The number of hydrogen-bond acceptors (Lipinski definition) is 6. The quantitative estimate of drug-likeness (QED) is 0.638. The maximum absolute atomic E-state index is 10.7. The van der Waals surface area contributed by atoms with Gasteiger partial charge in [-0.1, -0.05) is 24.4 Å². The predicted octanol–water partition coefficient (Wildman–Crippen LogP) is 2.82. The molecule has 2 heterocycles. The molecular weight excluding hydrogens is 332 g/mol. The number of halogens is 1. The zero-order valence-electron chi connectivity index (χ0n) is 13.5. The van der Waals surface area contributed by atoms with Crippen LogP contribution in [-0.4, -0.2) is 51.2 Å². The average molecular weight is 355 g/mol. The lowest BCUT2D eigenvalue weighted by Crippen LogP contribution is -2.50. The van der Waals surface area contributed by atoms with Gasteiger partial charge in [0.2, 0.25) is 0 Å². The van der Waals surface area contributed by atoms with Crippen molar-refractivity contribution in [2.24, 2.45) is 0 Å². The van der Waals surface area contributed by atoms with Crippen molar-refractivity contribution in [2.45, 2.75) is 56.7 Å². The van der Waals surface area contributed by atoms with Crippen molar-refractivity contribution in [3.05, 3.63) is 27.4 Å². The van der Waals surface area contributed by atoms with Crippen LogP contribution >= 0.6 is 11.6 Å². The Morgan fingerprint density at radius 1 is 1.29 bits per heavy atom. The highest BCUT2D eigenvalue weighted by Gasteiger charge is 2.31. The Bertz CT molecular complexity index is 593. The molecule has 1 saturated heterocycles. The Hall–Kier alpha value is -1.44. The minimum atomic E-state index is -0.503. The first-order valence-corrected chi connectivity index (χ1v) is 8.91. The van der Waals surface area contributed by atoms with Crippen LogP contribution in [0, 0.1) is 10.1 Å². The molecule has 2 atom stereocenters. The number of aliphatic hydroxyl groups is 1. The van der Waals surface area contributed by atoms with Crippen molar-refractivity contribution in [3.8, 4) is 0 Å². The average Bonchev–Trinajstić information content (AvgIpc) is 2.58. The largest absolute Gasteiger partial charge is 0.391 e. The first-order chi connectivity index (χ1) is 11.5. The van der Waals surface area contributed by atoms with Gasteiger partial charge >= 0.3 is 0 Å². The Labute approximate surface area is 146 Å². The molecule has 0 aromatic carbocycles. The molecule has 2 unspecified atom stereocenters. The summed E-state index contributed by atoms with van der Waals surface area (Å²) in [7, 11) is 0. The first kappa shape index (κ1) is 17.4. The topological polar surface area (TPSA) is 91.5 Å².